The van der Waals surface area contributed by atoms with Gasteiger partial charge < -0.3 is 10.3 Å². The summed E-state index contributed by atoms with van der Waals surface area (Å²) in [7, 11) is 0. The summed E-state index contributed by atoms with van der Waals surface area (Å²) in [5, 5.41) is 21.5. The molecular weight excluding hydrogens is 353 g/mol. The molecule has 2 rings (SSSR count). The summed E-state index contributed by atoms with van der Waals surface area (Å²) >= 11 is 14.3. The monoisotopic (exact) mass is 361 g/mol. The van der Waals surface area contributed by atoms with E-state index in [1.54, 1.807) is 24.3 Å². The van der Waals surface area contributed by atoms with Crippen molar-refractivity contribution in [3.63, 3.8) is 0 Å². The van der Waals surface area contributed by atoms with Crippen LogP contribution < -0.4 is 0 Å². The average molecular weight is 362 g/mol. The molecule has 0 fully saturated rings. The van der Waals surface area contributed by atoms with Crippen molar-refractivity contribution in [2.45, 2.75) is 4.90 Å². The fraction of sp³-hybridized carbons (Fsp3) is 0.0769. The Morgan fingerprint density at radius 1 is 1.29 bits per heavy atom. The molecule has 0 aliphatic rings. The van der Waals surface area contributed by atoms with E-state index in [0.717, 1.165) is 0 Å². The minimum absolute atomic E-state index is 0.203. The van der Waals surface area contributed by atoms with Crippen molar-refractivity contribution in [3.05, 3.63) is 50.1 Å². The molecule has 0 atom stereocenters. The molecule has 0 aliphatic heterocycles. The molecule has 2 N–H and O–H groups in total. The van der Waals surface area contributed by atoms with Gasteiger partial charge in [0.15, 0.2) is 0 Å². The molecule has 0 radical (unpaired) electrons. The van der Waals surface area contributed by atoms with Crippen molar-refractivity contribution in [2.75, 3.05) is 5.75 Å². The number of aromatic carboxylic acids is 1. The molecule has 4 nitrogen and oxygen atoms in total. The van der Waals surface area contributed by atoms with Crippen molar-refractivity contribution in [2.24, 2.45) is 5.16 Å². The molecule has 0 spiro atoms. The van der Waals surface area contributed by atoms with Crippen molar-refractivity contribution >= 4 is 58.0 Å². The topological polar surface area (TPSA) is 69.9 Å². The summed E-state index contributed by atoms with van der Waals surface area (Å²) in [6, 6.07) is 8.25. The molecule has 0 saturated heterocycles. The summed E-state index contributed by atoms with van der Waals surface area (Å²) in [6.45, 7) is 0. The number of thioether (sulfide) groups is 1. The third-order valence-corrected chi connectivity index (χ3v) is 5.14. The Kier molecular flexibility index (Phi) is 5.52. The number of oxime groups is 1. The first-order valence-electron chi connectivity index (χ1n) is 5.64. The molecule has 8 heteroatoms. The standard InChI is InChI=1S/C13H9Cl2NO3S2/c14-11-5-8(12(15)21-11)9(16-19)6-20-10-4-2-1-3-7(10)13(17)18/h1-5,19H,6H2,(H,17,18)/b16-9+. The van der Waals surface area contributed by atoms with E-state index in [4.69, 9.17) is 33.5 Å². The number of hydrogen-bond acceptors (Lipinski definition) is 5. The highest BCUT2D eigenvalue weighted by Crippen LogP contribution is 2.33. The van der Waals surface area contributed by atoms with Gasteiger partial charge in [-0.05, 0) is 18.2 Å². The zero-order valence-electron chi connectivity index (χ0n) is 10.4. The fourth-order valence-corrected chi connectivity index (χ4v) is 4.11. The van der Waals surface area contributed by atoms with E-state index in [-0.39, 0.29) is 11.3 Å². The van der Waals surface area contributed by atoms with Gasteiger partial charge in [-0.25, -0.2) is 4.79 Å². The number of benzene rings is 1. The van der Waals surface area contributed by atoms with Crippen molar-refractivity contribution in [3.8, 4) is 0 Å². The van der Waals surface area contributed by atoms with Crippen LogP contribution in [-0.2, 0) is 0 Å². The van der Waals surface area contributed by atoms with E-state index in [0.29, 0.717) is 24.8 Å². The zero-order chi connectivity index (χ0) is 15.4. The Balaban J connectivity index is 2.19. The van der Waals surface area contributed by atoms with Crippen LogP contribution in [0.3, 0.4) is 0 Å². The van der Waals surface area contributed by atoms with E-state index in [2.05, 4.69) is 5.16 Å². The normalized spacial score (nSPS) is 11.6. The van der Waals surface area contributed by atoms with E-state index in [9.17, 15) is 4.79 Å². The van der Waals surface area contributed by atoms with E-state index < -0.39 is 5.97 Å². The molecule has 1 aromatic heterocycles. The summed E-state index contributed by atoms with van der Waals surface area (Å²) in [6.07, 6.45) is 0. The molecule has 0 unspecified atom stereocenters. The second-order valence-corrected chi connectivity index (χ2v) is 7.18. The molecule has 1 aromatic carbocycles. The Bertz CT molecular complexity index is 700. The van der Waals surface area contributed by atoms with Crippen LogP contribution in [0.1, 0.15) is 15.9 Å². The lowest BCUT2D eigenvalue weighted by Gasteiger charge is -2.06. The molecule has 0 aliphatic carbocycles. The van der Waals surface area contributed by atoms with Crippen LogP contribution in [0, 0.1) is 0 Å². The Labute approximate surface area is 139 Å². The van der Waals surface area contributed by atoms with Crippen LogP contribution in [0.5, 0.6) is 0 Å². The van der Waals surface area contributed by atoms with Crippen LogP contribution in [0.15, 0.2) is 40.4 Å². The number of carboxylic acids is 1. The van der Waals surface area contributed by atoms with Gasteiger partial charge in [0, 0.05) is 16.2 Å². The number of carboxylic acid groups (broad SMARTS) is 1. The summed E-state index contributed by atoms with van der Waals surface area (Å²) < 4.78 is 0.923. The SMILES string of the molecule is O=C(O)c1ccccc1SC/C(=N\O)c1cc(Cl)sc1Cl. The Morgan fingerprint density at radius 2 is 2.00 bits per heavy atom. The molecule has 0 bridgehead atoms. The van der Waals surface area contributed by atoms with Gasteiger partial charge in [0.25, 0.3) is 0 Å². The molecular formula is C13H9Cl2NO3S2. The number of thiophene rings is 1. The third kappa shape index (κ3) is 3.91. The predicted molar refractivity (Wildman–Crippen MR) is 86.8 cm³/mol. The minimum Gasteiger partial charge on any atom is -0.478 e. The number of nitrogens with zero attached hydrogens (tertiary/aromatic N) is 1. The Hall–Kier alpha value is -1.21. The highest BCUT2D eigenvalue weighted by molar-refractivity contribution is 8.00. The van der Waals surface area contributed by atoms with Crippen molar-refractivity contribution < 1.29 is 15.1 Å². The van der Waals surface area contributed by atoms with Crippen LogP contribution >= 0.6 is 46.3 Å². The van der Waals surface area contributed by atoms with E-state index in [1.807, 2.05) is 0 Å². The van der Waals surface area contributed by atoms with Gasteiger partial charge in [-0.1, -0.05) is 40.5 Å². The van der Waals surface area contributed by atoms with Gasteiger partial charge in [0.05, 0.1) is 15.6 Å². The fourth-order valence-electron chi connectivity index (χ4n) is 1.61. The average Bonchev–Trinajstić information content (AvgIpc) is 2.79. The summed E-state index contributed by atoms with van der Waals surface area (Å²) in [5.41, 5.74) is 1.09. The van der Waals surface area contributed by atoms with Gasteiger partial charge in [-0.2, -0.15) is 0 Å². The molecule has 0 amide bonds. The lowest BCUT2D eigenvalue weighted by molar-refractivity contribution is 0.0693. The second-order valence-electron chi connectivity index (χ2n) is 3.87. The quantitative estimate of drug-likeness (QED) is 0.349. The molecule has 21 heavy (non-hydrogen) atoms. The summed E-state index contributed by atoms with van der Waals surface area (Å²) in [4.78, 5) is 11.7. The lowest BCUT2D eigenvalue weighted by Crippen LogP contribution is -2.05. The third-order valence-electron chi connectivity index (χ3n) is 2.57. The number of hydrogen-bond donors (Lipinski definition) is 2. The minimum atomic E-state index is -1.00. The van der Waals surface area contributed by atoms with Gasteiger partial charge in [0.2, 0.25) is 0 Å². The highest BCUT2D eigenvalue weighted by atomic mass is 35.5. The first-order chi connectivity index (χ1) is 10.0. The highest BCUT2D eigenvalue weighted by Gasteiger charge is 2.15. The first-order valence-corrected chi connectivity index (χ1v) is 8.20. The van der Waals surface area contributed by atoms with Gasteiger partial charge >= 0.3 is 5.97 Å². The summed E-state index contributed by atoms with van der Waals surface area (Å²) in [5.74, 6) is -0.731. The Morgan fingerprint density at radius 3 is 2.57 bits per heavy atom. The number of carbonyl (C=O) groups is 1. The maximum absolute atomic E-state index is 11.1. The van der Waals surface area contributed by atoms with Crippen LogP contribution in [0.2, 0.25) is 8.67 Å². The van der Waals surface area contributed by atoms with E-state index >= 15 is 0 Å². The molecule has 110 valence electrons. The van der Waals surface area contributed by atoms with Gasteiger partial charge in [-0.3, -0.25) is 0 Å². The number of rotatable bonds is 5. The van der Waals surface area contributed by atoms with Gasteiger partial charge in [-0.15, -0.1) is 23.1 Å². The van der Waals surface area contributed by atoms with Crippen LogP contribution in [-0.4, -0.2) is 27.7 Å². The van der Waals surface area contributed by atoms with Gasteiger partial charge in [0.1, 0.15) is 4.34 Å². The molecule has 1 heterocycles. The smallest absolute Gasteiger partial charge is 0.336 e. The largest absolute Gasteiger partial charge is 0.478 e. The maximum atomic E-state index is 11.1. The second kappa shape index (κ2) is 7.17. The first kappa shape index (κ1) is 16.2. The predicted octanol–water partition coefficient (Wildman–Crippen LogP) is 4.72. The van der Waals surface area contributed by atoms with Crippen LogP contribution in [0.4, 0.5) is 0 Å². The lowest BCUT2D eigenvalue weighted by atomic mass is 10.2. The molecule has 0 saturated carbocycles. The van der Waals surface area contributed by atoms with Crippen molar-refractivity contribution in [1.82, 2.24) is 0 Å². The zero-order valence-corrected chi connectivity index (χ0v) is 13.6. The van der Waals surface area contributed by atoms with E-state index in [1.165, 1.54) is 29.2 Å². The molecule has 2 aromatic rings. The van der Waals surface area contributed by atoms with Crippen LogP contribution in [0.25, 0.3) is 0 Å². The maximum Gasteiger partial charge on any atom is 0.336 e. The number of halogens is 2. The van der Waals surface area contributed by atoms with Crippen molar-refractivity contribution in [1.29, 1.82) is 0 Å².